The predicted molar refractivity (Wildman–Crippen MR) is 81.6 cm³/mol. The van der Waals surface area contributed by atoms with Crippen LogP contribution in [-0.4, -0.2) is 26.2 Å². The van der Waals surface area contributed by atoms with Crippen molar-refractivity contribution in [2.45, 2.75) is 6.54 Å². The molecule has 120 valence electrons. The SMILES string of the molecule is COc1ccc(C(=O)CNCc2ccc3c(c2)OCO3)cc1F. The first-order valence-electron chi connectivity index (χ1n) is 7.13. The van der Waals surface area contributed by atoms with E-state index in [1.54, 1.807) is 6.07 Å². The van der Waals surface area contributed by atoms with E-state index in [0.717, 1.165) is 11.3 Å². The largest absolute Gasteiger partial charge is 0.494 e. The highest BCUT2D eigenvalue weighted by Crippen LogP contribution is 2.32. The van der Waals surface area contributed by atoms with E-state index in [1.807, 2.05) is 18.2 Å². The normalized spacial score (nSPS) is 12.3. The van der Waals surface area contributed by atoms with Gasteiger partial charge >= 0.3 is 0 Å². The number of ketones is 1. The molecule has 0 atom stereocenters. The van der Waals surface area contributed by atoms with Crippen LogP contribution >= 0.6 is 0 Å². The number of hydrogen-bond donors (Lipinski definition) is 1. The maximum absolute atomic E-state index is 13.6. The number of carbonyl (C=O) groups excluding carboxylic acids is 1. The van der Waals surface area contributed by atoms with Crippen LogP contribution in [0.5, 0.6) is 17.2 Å². The summed E-state index contributed by atoms with van der Waals surface area (Å²) in [5, 5.41) is 3.04. The molecule has 1 heterocycles. The van der Waals surface area contributed by atoms with Crippen molar-refractivity contribution in [3.05, 3.63) is 53.3 Å². The fourth-order valence-corrected chi connectivity index (χ4v) is 2.31. The summed E-state index contributed by atoms with van der Waals surface area (Å²) in [7, 11) is 1.38. The van der Waals surface area contributed by atoms with Crippen LogP contribution in [0.3, 0.4) is 0 Å². The molecule has 3 rings (SSSR count). The molecule has 1 N–H and O–H groups in total. The third kappa shape index (κ3) is 3.43. The Bertz CT molecular complexity index is 733. The van der Waals surface area contributed by atoms with Crippen LogP contribution in [-0.2, 0) is 6.54 Å². The lowest BCUT2D eigenvalue weighted by Crippen LogP contribution is -2.22. The third-order valence-electron chi connectivity index (χ3n) is 3.53. The molecule has 0 saturated carbocycles. The highest BCUT2D eigenvalue weighted by molar-refractivity contribution is 5.97. The Balaban J connectivity index is 1.56. The zero-order valence-electron chi connectivity index (χ0n) is 12.6. The fraction of sp³-hybridized carbons (Fsp3) is 0.235. The van der Waals surface area contributed by atoms with Crippen LogP contribution in [0.4, 0.5) is 4.39 Å². The minimum atomic E-state index is -0.547. The Labute approximate surface area is 133 Å². The molecule has 2 aromatic carbocycles. The molecule has 5 nitrogen and oxygen atoms in total. The number of carbonyl (C=O) groups is 1. The average Bonchev–Trinajstić information content (AvgIpc) is 3.02. The number of fused-ring (bicyclic) bond motifs is 1. The Morgan fingerprint density at radius 1 is 1.22 bits per heavy atom. The second-order valence-corrected chi connectivity index (χ2v) is 5.06. The van der Waals surface area contributed by atoms with Gasteiger partial charge in [-0.2, -0.15) is 0 Å². The smallest absolute Gasteiger partial charge is 0.231 e. The van der Waals surface area contributed by atoms with Crippen LogP contribution in [0, 0.1) is 5.82 Å². The molecule has 0 aliphatic carbocycles. The van der Waals surface area contributed by atoms with Crippen LogP contribution in [0.2, 0.25) is 0 Å². The van der Waals surface area contributed by atoms with Crippen molar-refractivity contribution >= 4 is 5.78 Å². The summed E-state index contributed by atoms with van der Waals surface area (Å²) in [6.07, 6.45) is 0. The van der Waals surface area contributed by atoms with Gasteiger partial charge in [0, 0.05) is 12.1 Å². The zero-order chi connectivity index (χ0) is 16.2. The van der Waals surface area contributed by atoms with Gasteiger partial charge in [0.2, 0.25) is 6.79 Å². The number of Topliss-reactive ketones (excluding diaryl/α,β-unsaturated/α-hetero) is 1. The van der Waals surface area contributed by atoms with E-state index in [9.17, 15) is 9.18 Å². The lowest BCUT2D eigenvalue weighted by atomic mass is 10.1. The third-order valence-corrected chi connectivity index (χ3v) is 3.53. The lowest BCUT2D eigenvalue weighted by Gasteiger charge is -2.07. The first-order chi connectivity index (χ1) is 11.2. The Morgan fingerprint density at radius 2 is 2.04 bits per heavy atom. The molecule has 2 aromatic rings. The average molecular weight is 317 g/mol. The molecule has 1 aliphatic rings. The Morgan fingerprint density at radius 3 is 2.83 bits per heavy atom. The molecule has 0 aromatic heterocycles. The van der Waals surface area contributed by atoms with Crippen molar-refractivity contribution in [1.82, 2.24) is 5.32 Å². The van der Waals surface area contributed by atoms with Gasteiger partial charge in [-0.3, -0.25) is 4.79 Å². The van der Waals surface area contributed by atoms with Crippen molar-refractivity contribution in [2.75, 3.05) is 20.4 Å². The quantitative estimate of drug-likeness (QED) is 0.830. The van der Waals surface area contributed by atoms with Gasteiger partial charge in [0.1, 0.15) is 0 Å². The van der Waals surface area contributed by atoms with Crippen molar-refractivity contribution in [2.24, 2.45) is 0 Å². The second-order valence-electron chi connectivity index (χ2n) is 5.06. The van der Waals surface area contributed by atoms with Gasteiger partial charge in [0.15, 0.2) is 28.8 Å². The van der Waals surface area contributed by atoms with Gasteiger partial charge in [-0.05, 0) is 35.9 Å². The standard InChI is InChI=1S/C17H16FNO4/c1-21-15-5-3-12(7-13(15)18)14(20)9-19-8-11-2-4-16-17(6-11)23-10-22-16/h2-7,19H,8-10H2,1H3. The maximum atomic E-state index is 13.6. The van der Waals surface area contributed by atoms with E-state index in [4.69, 9.17) is 14.2 Å². The number of nitrogens with one attached hydrogen (secondary N) is 1. The molecule has 0 unspecified atom stereocenters. The van der Waals surface area contributed by atoms with Crippen molar-refractivity contribution in [3.8, 4) is 17.2 Å². The summed E-state index contributed by atoms with van der Waals surface area (Å²) in [5.74, 6) is 0.808. The minimum absolute atomic E-state index is 0.111. The Kier molecular flexibility index (Phi) is 4.43. The fourth-order valence-electron chi connectivity index (χ4n) is 2.31. The van der Waals surface area contributed by atoms with Crippen LogP contribution in [0.15, 0.2) is 36.4 Å². The van der Waals surface area contributed by atoms with E-state index in [2.05, 4.69) is 5.32 Å². The number of hydrogen-bond acceptors (Lipinski definition) is 5. The number of rotatable bonds is 6. The molecule has 23 heavy (non-hydrogen) atoms. The molecular weight excluding hydrogens is 301 g/mol. The molecular formula is C17H16FNO4. The maximum Gasteiger partial charge on any atom is 0.231 e. The number of methoxy groups -OCH3 is 1. The van der Waals surface area contributed by atoms with E-state index < -0.39 is 5.82 Å². The van der Waals surface area contributed by atoms with Crippen LogP contribution in [0.1, 0.15) is 15.9 Å². The monoisotopic (exact) mass is 317 g/mol. The highest BCUT2D eigenvalue weighted by Gasteiger charge is 2.13. The summed E-state index contributed by atoms with van der Waals surface area (Å²) in [6.45, 7) is 0.842. The molecule has 0 spiro atoms. The first kappa shape index (κ1) is 15.3. The summed E-state index contributed by atoms with van der Waals surface area (Å²) in [6, 6.07) is 9.78. The Hall–Kier alpha value is -2.60. The van der Waals surface area contributed by atoms with E-state index >= 15 is 0 Å². The van der Waals surface area contributed by atoms with Gasteiger partial charge in [-0.1, -0.05) is 6.07 Å². The van der Waals surface area contributed by atoms with Gasteiger partial charge in [0.25, 0.3) is 0 Å². The van der Waals surface area contributed by atoms with E-state index in [1.165, 1.54) is 19.2 Å². The molecule has 6 heteroatoms. The van der Waals surface area contributed by atoms with Gasteiger partial charge < -0.3 is 19.5 Å². The summed E-state index contributed by atoms with van der Waals surface area (Å²) in [4.78, 5) is 12.1. The van der Waals surface area contributed by atoms with Crippen molar-refractivity contribution < 1.29 is 23.4 Å². The molecule has 0 fully saturated rings. The molecule has 0 bridgehead atoms. The summed E-state index contributed by atoms with van der Waals surface area (Å²) >= 11 is 0. The number of benzene rings is 2. The van der Waals surface area contributed by atoms with E-state index in [-0.39, 0.29) is 24.9 Å². The summed E-state index contributed by atoms with van der Waals surface area (Å²) in [5.41, 5.74) is 1.28. The number of ether oxygens (including phenoxy) is 3. The van der Waals surface area contributed by atoms with Crippen molar-refractivity contribution in [3.63, 3.8) is 0 Å². The van der Waals surface area contributed by atoms with Crippen LogP contribution < -0.4 is 19.5 Å². The van der Waals surface area contributed by atoms with Gasteiger partial charge in [0.05, 0.1) is 13.7 Å². The minimum Gasteiger partial charge on any atom is -0.494 e. The first-order valence-corrected chi connectivity index (χ1v) is 7.13. The molecule has 0 amide bonds. The molecule has 0 radical (unpaired) electrons. The predicted octanol–water partition coefficient (Wildman–Crippen LogP) is 2.54. The second kappa shape index (κ2) is 6.66. The lowest BCUT2D eigenvalue weighted by molar-refractivity contribution is 0.0990. The zero-order valence-corrected chi connectivity index (χ0v) is 12.6. The number of halogens is 1. The van der Waals surface area contributed by atoms with Crippen molar-refractivity contribution in [1.29, 1.82) is 0 Å². The topological polar surface area (TPSA) is 56.8 Å². The highest BCUT2D eigenvalue weighted by atomic mass is 19.1. The van der Waals surface area contributed by atoms with Gasteiger partial charge in [-0.15, -0.1) is 0 Å². The van der Waals surface area contributed by atoms with Gasteiger partial charge in [-0.25, -0.2) is 4.39 Å². The molecule has 0 saturated heterocycles. The molecule has 1 aliphatic heterocycles. The van der Waals surface area contributed by atoms with Crippen LogP contribution in [0.25, 0.3) is 0 Å². The summed E-state index contributed by atoms with van der Waals surface area (Å²) < 4.78 is 29.0. The van der Waals surface area contributed by atoms with E-state index in [0.29, 0.717) is 17.9 Å².